The molecule has 1 fully saturated rings. The lowest BCUT2D eigenvalue weighted by molar-refractivity contribution is 0.254. The largest absolute Gasteiger partial charge is 0.368 e. The van der Waals surface area contributed by atoms with E-state index in [1.54, 1.807) is 0 Å². The van der Waals surface area contributed by atoms with Crippen LogP contribution in [-0.4, -0.2) is 75.2 Å². The van der Waals surface area contributed by atoms with E-state index < -0.39 is 0 Å². The van der Waals surface area contributed by atoms with Gasteiger partial charge in [-0.2, -0.15) is 0 Å². The quantitative estimate of drug-likeness (QED) is 0.403. The fourth-order valence-electron chi connectivity index (χ4n) is 3.02. The van der Waals surface area contributed by atoms with E-state index in [0.29, 0.717) is 6.04 Å². The van der Waals surface area contributed by atoms with E-state index in [0.717, 1.165) is 45.2 Å². The number of likely N-dealkylation sites (N-methyl/N-ethyl adjacent to an activating group) is 1. The van der Waals surface area contributed by atoms with Gasteiger partial charge in [-0.1, -0.05) is 25.1 Å². The highest BCUT2D eigenvalue weighted by Gasteiger charge is 2.19. The van der Waals surface area contributed by atoms with Crippen LogP contribution in [0, 0.1) is 0 Å². The topological polar surface area (TPSA) is 34.1 Å². The minimum atomic E-state index is 0. The number of rotatable bonds is 6. The Balaban J connectivity index is 0.00000312. The maximum absolute atomic E-state index is 4.47. The minimum absolute atomic E-state index is 0. The molecular weight excluding hydrogens is 425 g/mol. The molecule has 1 aromatic rings. The number of guanidine groups is 1. The zero-order valence-electron chi connectivity index (χ0n) is 16.1. The van der Waals surface area contributed by atoms with Crippen LogP contribution in [0.4, 0.5) is 5.69 Å². The Morgan fingerprint density at radius 1 is 1.20 bits per heavy atom. The van der Waals surface area contributed by atoms with Crippen molar-refractivity contribution in [2.45, 2.75) is 26.3 Å². The molecular formula is C19H34IN5. The predicted octanol–water partition coefficient (Wildman–Crippen LogP) is 2.73. The van der Waals surface area contributed by atoms with Crippen LogP contribution in [0.1, 0.15) is 20.3 Å². The smallest absolute Gasteiger partial charge is 0.193 e. The molecule has 1 aliphatic rings. The number of hydrogen-bond donors (Lipinski definition) is 1. The van der Waals surface area contributed by atoms with Crippen LogP contribution < -0.4 is 10.2 Å². The van der Waals surface area contributed by atoms with Gasteiger partial charge in [0.25, 0.3) is 0 Å². The van der Waals surface area contributed by atoms with Crippen molar-refractivity contribution in [2.75, 3.05) is 58.3 Å². The minimum Gasteiger partial charge on any atom is -0.368 e. The van der Waals surface area contributed by atoms with Gasteiger partial charge in [0.15, 0.2) is 5.96 Å². The summed E-state index contributed by atoms with van der Waals surface area (Å²) in [5.74, 6) is 1.03. The van der Waals surface area contributed by atoms with Crippen molar-refractivity contribution in [3.05, 3.63) is 30.3 Å². The lowest BCUT2D eigenvalue weighted by Crippen LogP contribution is -2.53. The molecule has 2 rings (SSSR count). The fraction of sp³-hybridized carbons (Fsp3) is 0.632. The summed E-state index contributed by atoms with van der Waals surface area (Å²) in [5, 5.41) is 3.52. The molecule has 1 unspecified atom stereocenters. The first kappa shape index (κ1) is 22.0. The van der Waals surface area contributed by atoms with Gasteiger partial charge in [0.05, 0.1) is 0 Å². The first-order chi connectivity index (χ1) is 11.7. The standard InChI is InChI=1S/C19H33N5.HI/c1-5-17(2)22(4)12-11-21-19(20-3)24-15-13-23(14-16-24)18-9-7-6-8-10-18;/h6-10,17H,5,11-16H2,1-4H3,(H,20,21);1H. The lowest BCUT2D eigenvalue weighted by Gasteiger charge is -2.37. The van der Waals surface area contributed by atoms with Crippen LogP contribution in [0.25, 0.3) is 0 Å². The second kappa shape index (κ2) is 11.6. The van der Waals surface area contributed by atoms with E-state index in [1.165, 1.54) is 12.1 Å². The van der Waals surface area contributed by atoms with E-state index >= 15 is 0 Å². The zero-order chi connectivity index (χ0) is 17.4. The van der Waals surface area contributed by atoms with Crippen molar-refractivity contribution in [2.24, 2.45) is 4.99 Å². The number of piperazine rings is 1. The summed E-state index contributed by atoms with van der Waals surface area (Å²) in [7, 11) is 4.07. The number of halogens is 1. The maximum Gasteiger partial charge on any atom is 0.193 e. The van der Waals surface area contributed by atoms with Crippen molar-refractivity contribution >= 4 is 35.6 Å². The fourth-order valence-corrected chi connectivity index (χ4v) is 3.02. The monoisotopic (exact) mass is 459 g/mol. The Morgan fingerprint density at radius 3 is 2.40 bits per heavy atom. The molecule has 5 nitrogen and oxygen atoms in total. The molecule has 0 bridgehead atoms. The SMILES string of the molecule is CCC(C)N(C)CCNC(=NC)N1CCN(c2ccccc2)CC1.I. The first-order valence-electron chi connectivity index (χ1n) is 9.11. The third-order valence-corrected chi connectivity index (χ3v) is 5.00. The third kappa shape index (κ3) is 6.66. The molecule has 142 valence electrons. The van der Waals surface area contributed by atoms with Crippen molar-refractivity contribution < 1.29 is 0 Å². The Labute approximate surface area is 170 Å². The molecule has 1 atom stereocenters. The van der Waals surface area contributed by atoms with Gasteiger partial charge < -0.3 is 20.0 Å². The molecule has 0 amide bonds. The molecule has 0 aliphatic carbocycles. The summed E-state index contributed by atoms with van der Waals surface area (Å²) < 4.78 is 0. The van der Waals surface area contributed by atoms with Crippen LogP contribution in [0.2, 0.25) is 0 Å². The highest BCUT2D eigenvalue weighted by atomic mass is 127. The zero-order valence-corrected chi connectivity index (χ0v) is 18.4. The van der Waals surface area contributed by atoms with E-state index in [9.17, 15) is 0 Å². The average molecular weight is 459 g/mol. The van der Waals surface area contributed by atoms with Gasteiger partial charge in [-0.05, 0) is 32.5 Å². The Kier molecular flexibility index (Phi) is 10.2. The van der Waals surface area contributed by atoms with Gasteiger partial charge in [-0.25, -0.2) is 0 Å². The molecule has 1 aromatic carbocycles. The summed E-state index contributed by atoms with van der Waals surface area (Å²) in [6.07, 6.45) is 1.19. The van der Waals surface area contributed by atoms with E-state index in [1.807, 2.05) is 7.05 Å². The molecule has 6 heteroatoms. The molecule has 0 saturated carbocycles. The molecule has 0 spiro atoms. The summed E-state index contributed by atoms with van der Waals surface area (Å²) in [4.78, 5) is 11.7. The average Bonchev–Trinajstić information content (AvgIpc) is 2.65. The predicted molar refractivity (Wildman–Crippen MR) is 119 cm³/mol. The van der Waals surface area contributed by atoms with Crippen LogP contribution in [-0.2, 0) is 0 Å². The van der Waals surface area contributed by atoms with Gasteiger partial charge in [0.1, 0.15) is 0 Å². The highest BCUT2D eigenvalue weighted by Crippen LogP contribution is 2.15. The molecule has 1 saturated heterocycles. The number of benzene rings is 1. The number of anilines is 1. The second-order valence-corrected chi connectivity index (χ2v) is 6.52. The van der Waals surface area contributed by atoms with Gasteiger partial charge in [-0.3, -0.25) is 4.99 Å². The van der Waals surface area contributed by atoms with Crippen molar-refractivity contribution in [3.63, 3.8) is 0 Å². The number of hydrogen-bond acceptors (Lipinski definition) is 3. The maximum atomic E-state index is 4.47. The van der Waals surface area contributed by atoms with Gasteiger partial charge in [-0.15, -0.1) is 24.0 Å². The van der Waals surface area contributed by atoms with Crippen molar-refractivity contribution in [1.82, 2.24) is 15.1 Å². The summed E-state index contributed by atoms with van der Waals surface area (Å²) >= 11 is 0. The van der Waals surface area contributed by atoms with Gasteiger partial charge in [0.2, 0.25) is 0 Å². The van der Waals surface area contributed by atoms with Crippen LogP contribution in [0.3, 0.4) is 0 Å². The van der Waals surface area contributed by atoms with Crippen LogP contribution >= 0.6 is 24.0 Å². The number of nitrogens with one attached hydrogen (secondary N) is 1. The number of para-hydroxylation sites is 1. The van der Waals surface area contributed by atoms with Crippen LogP contribution in [0.5, 0.6) is 0 Å². The molecule has 0 aromatic heterocycles. The van der Waals surface area contributed by atoms with E-state index in [4.69, 9.17) is 0 Å². The first-order valence-corrected chi connectivity index (χ1v) is 9.11. The molecule has 1 heterocycles. The summed E-state index contributed by atoms with van der Waals surface area (Å²) in [6.45, 7) is 10.6. The van der Waals surface area contributed by atoms with Crippen molar-refractivity contribution in [3.8, 4) is 0 Å². The number of nitrogens with zero attached hydrogens (tertiary/aromatic N) is 4. The normalized spacial score (nSPS) is 16.6. The third-order valence-electron chi connectivity index (χ3n) is 5.00. The summed E-state index contributed by atoms with van der Waals surface area (Å²) in [5.41, 5.74) is 1.32. The Morgan fingerprint density at radius 2 is 1.84 bits per heavy atom. The number of aliphatic imine (C=N–C) groups is 1. The highest BCUT2D eigenvalue weighted by molar-refractivity contribution is 14.0. The molecule has 1 N–H and O–H groups in total. The van der Waals surface area contributed by atoms with Gasteiger partial charge >= 0.3 is 0 Å². The Hall–Kier alpha value is -1.02. The van der Waals surface area contributed by atoms with Crippen molar-refractivity contribution in [1.29, 1.82) is 0 Å². The van der Waals surface area contributed by atoms with E-state index in [-0.39, 0.29) is 24.0 Å². The van der Waals surface area contributed by atoms with Gasteiger partial charge in [0, 0.05) is 58.0 Å². The molecule has 25 heavy (non-hydrogen) atoms. The van der Waals surface area contributed by atoms with E-state index in [2.05, 4.69) is 76.2 Å². The Bertz CT molecular complexity index is 500. The summed E-state index contributed by atoms with van der Waals surface area (Å²) in [6, 6.07) is 11.3. The van der Waals surface area contributed by atoms with Crippen LogP contribution in [0.15, 0.2) is 35.3 Å². The second-order valence-electron chi connectivity index (χ2n) is 6.52. The molecule has 1 aliphatic heterocycles. The molecule has 0 radical (unpaired) electrons. The lowest BCUT2D eigenvalue weighted by atomic mass is 10.2.